The predicted octanol–water partition coefficient (Wildman–Crippen LogP) is 5.09. The van der Waals surface area contributed by atoms with Crippen molar-refractivity contribution in [2.75, 3.05) is 7.05 Å². The van der Waals surface area contributed by atoms with E-state index in [0.29, 0.717) is 5.75 Å². The van der Waals surface area contributed by atoms with Crippen LogP contribution in [0, 0.1) is 0 Å². The van der Waals surface area contributed by atoms with Crippen LogP contribution in [0.1, 0.15) is 24.2 Å². The number of ether oxygens (including phenoxy) is 2. The summed E-state index contributed by atoms with van der Waals surface area (Å²) in [6, 6.07) is 28.9. The number of nitrogens with zero attached hydrogens (tertiary/aromatic N) is 1. The van der Waals surface area contributed by atoms with Gasteiger partial charge >= 0.3 is 5.97 Å². The normalized spacial score (nSPS) is 24.5. The van der Waals surface area contributed by atoms with E-state index in [2.05, 4.69) is 0 Å². The molecule has 4 rings (SSSR count). The molecular weight excluding hydrogens is 374 g/mol. The van der Waals surface area contributed by atoms with Crippen molar-refractivity contribution in [1.82, 2.24) is 4.90 Å². The highest BCUT2D eigenvalue weighted by atomic mass is 16.6. The van der Waals surface area contributed by atoms with Crippen molar-refractivity contribution in [1.29, 1.82) is 0 Å². The molecule has 1 fully saturated rings. The SMILES string of the molecule is C[C@H]1[C@@H](c2ccccc2)OC(=O)C(/C=C/c2ccccc2)(Oc2ccccc2)N1C. The van der Waals surface area contributed by atoms with Crippen LogP contribution in [0.2, 0.25) is 0 Å². The van der Waals surface area contributed by atoms with E-state index in [4.69, 9.17) is 9.47 Å². The van der Waals surface area contributed by atoms with Crippen molar-refractivity contribution in [3.8, 4) is 5.75 Å². The number of morpholine rings is 1. The van der Waals surface area contributed by atoms with Gasteiger partial charge in [-0.1, -0.05) is 84.9 Å². The first kappa shape index (κ1) is 19.9. The lowest BCUT2D eigenvalue weighted by atomic mass is 9.96. The maximum absolute atomic E-state index is 13.4. The van der Waals surface area contributed by atoms with Gasteiger partial charge in [0.25, 0.3) is 5.72 Å². The molecule has 1 aliphatic rings. The van der Waals surface area contributed by atoms with Crippen molar-refractivity contribution in [2.24, 2.45) is 0 Å². The number of cyclic esters (lactones) is 1. The Morgan fingerprint density at radius 1 is 0.900 bits per heavy atom. The summed E-state index contributed by atoms with van der Waals surface area (Å²) in [7, 11) is 1.90. The van der Waals surface area contributed by atoms with Crippen LogP contribution in [-0.4, -0.2) is 29.7 Å². The van der Waals surface area contributed by atoms with E-state index in [9.17, 15) is 4.79 Å². The van der Waals surface area contributed by atoms with Crippen LogP contribution in [0.5, 0.6) is 5.75 Å². The van der Waals surface area contributed by atoms with E-state index >= 15 is 0 Å². The van der Waals surface area contributed by atoms with Gasteiger partial charge < -0.3 is 9.47 Å². The number of likely N-dealkylation sites (N-methyl/N-ethyl adjacent to an activating group) is 1. The number of hydrogen-bond acceptors (Lipinski definition) is 4. The van der Waals surface area contributed by atoms with Crippen LogP contribution in [0.15, 0.2) is 97.1 Å². The first-order chi connectivity index (χ1) is 14.6. The van der Waals surface area contributed by atoms with Gasteiger partial charge in [0.1, 0.15) is 11.9 Å². The maximum atomic E-state index is 13.4. The third-order valence-corrected chi connectivity index (χ3v) is 5.55. The van der Waals surface area contributed by atoms with E-state index in [-0.39, 0.29) is 12.1 Å². The molecule has 1 saturated heterocycles. The second kappa shape index (κ2) is 8.56. The second-order valence-electron chi connectivity index (χ2n) is 7.44. The highest BCUT2D eigenvalue weighted by Crippen LogP contribution is 2.38. The number of hydrogen-bond donors (Lipinski definition) is 0. The summed E-state index contributed by atoms with van der Waals surface area (Å²) in [6.45, 7) is 2.05. The predicted molar refractivity (Wildman–Crippen MR) is 118 cm³/mol. The average molecular weight is 399 g/mol. The van der Waals surface area contributed by atoms with E-state index in [1.54, 1.807) is 6.08 Å². The molecule has 3 atom stereocenters. The van der Waals surface area contributed by atoms with Gasteiger partial charge in [0.2, 0.25) is 0 Å². The van der Waals surface area contributed by atoms with Gasteiger partial charge in [0.15, 0.2) is 0 Å². The summed E-state index contributed by atoms with van der Waals surface area (Å²) in [5.74, 6) is 0.164. The number of para-hydroxylation sites is 1. The highest BCUT2D eigenvalue weighted by Gasteiger charge is 2.53. The van der Waals surface area contributed by atoms with Crippen molar-refractivity contribution < 1.29 is 14.3 Å². The van der Waals surface area contributed by atoms with E-state index in [0.717, 1.165) is 11.1 Å². The van der Waals surface area contributed by atoms with Gasteiger partial charge in [-0.2, -0.15) is 0 Å². The van der Waals surface area contributed by atoms with Crippen molar-refractivity contribution >= 4 is 12.0 Å². The quantitative estimate of drug-likeness (QED) is 0.560. The summed E-state index contributed by atoms with van der Waals surface area (Å²) in [5.41, 5.74) is 0.570. The lowest BCUT2D eigenvalue weighted by molar-refractivity contribution is -0.206. The van der Waals surface area contributed by atoms with Gasteiger partial charge in [0.05, 0.1) is 6.04 Å². The summed E-state index contributed by atoms with van der Waals surface area (Å²) in [4.78, 5) is 15.4. The van der Waals surface area contributed by atoms with Crippen LogP contribution in [0.25, 0.3) is 6.08 Å². The number of carbonyl (C=O) groups is 1. The molecule has 0 spiro atoms. The number of rotatable bonds is 5. The van der Waals surface area contributed by atoms with Crippen molar-refractivity contribution in [3.05, 3.63) is 108 Å². The molecule has 1 heterocycles. The molecule has 1 unspecified atom stereocenters. The van der Waals surface area contributed by atoms with Gasteiger partial charge in [-0.25, -0.2) is 9.69 Å². The van der Waals surface area contributed by atoms with Crippen LogP contribution >= 0.6 is 0 Å². The molecule has 0 amide bonds. The van der Waals surface area contributed by atoms with Crippen LogP contribution < -0.4 is 4.74 Å². The third kappa shape index (κ3) is 3.87. The minimum Gasteiger partial charge on any atom is -0.458 e. The molecule has 0 saturated carbocycles. The van der Waals surface area contributed by atoms with Gasteiger partial charge in [-0.05, 0) is 43.3 Å². The monoisotopic (exact) mass is 399 g/mol. The molecule has 3 aromatic carbocycles. The second-order valence-corrected chi connectivity index (χ2v) is 7.44. The fraction of sp³-hybridized carbons (Fsp3) is 0.192. The number of benzene rings is 3. The maximum Gasteiger partial charge on any atom is 0.371 e. The zero-order valence-electron chi connectivity index (χ0n) is 17.1. The smallest absolute Gasteiger partial charge is 0.371 e. The molecule has 1 aliphatic heterocycles. The molecule has 0 N–H and O–H groups in total. The molecule has 0 radical (unpaired) electrons. The van der Waals surface area contributed by atoms with E-state index in [1.807, 2.05) is 116 Å². The van der Waals surface area contributed by atoms with E-state index in [1.165, 1.54) is 0 Å². The van der Waals surface area contributed by atoms with Crippen molar-refractivity contribution in [2.45, 2.75) is 24.8 Å². The molecule has 0 aliphatic carbocycles. The molecule has 0 aromatic heterocycles. The standard InChI is InChI=1S/C26H25NO3/c1-20-24(22-14-8-4-9-15-22)29-25(28)26(27(20)2,30-23-16-10-5-11-17-23)19-18-21-12-6-3-7-13-21/h3-20,24H,1-2H3/b19-18+/t20-,24-,26?/m0/s1. The summed E-state index contributed by atoms with van der Waals surface area (Å²) >= 11 is 0. The summed E-state index contributed by atoms with van der Waals surface area (Å²) < 4.78 is 12.3. The van der Waals surface area contributed by atoms with Crippen molar-refractivity contribution in [3.63, 3.8) is 0 Å². The largest absolute Gasteiger partial charge is 0.458 e. The van der Waals surface area contributed by atoms with Gasteiger partial charge in [-0.3, -0.25) is 0 Å². The first-order valence-corrected chi connectivity index (χ1v) is 10.1. The molecule has 30 heavy (non-hydrogen) atoms. The van der Waals surface area contributed by atoms with E-state index < -0.39 is 11.7 Å². The molecule has 4 nitrogen and oxygen atoms in total. The number of esters is 1. The Balaban J connectivity index is 1.73. The Labute approximate surface area is 177 Å². The lowest BCUT2D eigenvalue weighted by Gasteiger charge is -2.47. The van der Waals surface area contributed by atoms with Gasteiger partial charge in [-0.15, -0.1) is 0 Å². The fourth-order valence-corrected chi connectivity index (χ4v) is 3.71. The fourth-order valence-electron chi connectivity index (χ4n) is 3.71. The zero-order chi connectivity index (χ0) is 21.0. The minimum absolute atomic E-state index is 0.103. The first-order valence-electron chi connectivity index (χ1n) is 10.1. The molecule has 152 valence electrons. The Morgan fingerprint density at radius 2 is 1.47 bits per heavy atom. The van der Waals surface area contributed by atoms with Crippen LogP contribution in [-0.2, 0) is 9.53 Å². The summed E-state index contributed by atoms with van der Waals surface area (Å²) in [6.07, 6.45) is 3.31. The summed E-state index contributed by atoms with van der Waals surface area (Å²) in [5, 5.41) is 0. The Morgan fingerprint density at radius 3 is 2.10 bits per heavy atom. The Hall–Kier alpha value is -3.37. The molecular formula is C26H25NO3. The molecule has 3 aromatic rings. The topological polar surface area (TPSA) is 38.8 Å². The van der Waals surface area contributed by atoms with Crippen LogP contribution in [0.4, 0.5) is 0 Å². The lowest BCUT2D eigenvalue weighted by Crippen LogP contribution is -2.64. The number of carbonyl (C=O) groups excluding carboxylic acids is 1. The third-order valence-electron chi connectivity index (χ3n) is 5.55. The molecule has 0 bridgehead atoms. The van der Waals surface area contributed by atoms with Crippen LogP contribution in [0.3, 0.4) is 0 Å². The van der Waals surface area contributed by atoms with Gasteiger partial charge in [0, 0.05) is 0 Å². The average Bonchev–Trinajstić information content (AvgIpc) is 2.80. The zero-order valence-corrected chi connectivity index (χ0v) is 17.1. The minimum atomic E-state index is -1.37. The highest BCUT2D eigenvalue weighted by molar-refractivity contribution is 5.84. The Bertz CT molecular complexity index is 1000. The Kier molecular flexibility index (Phi) is 5.68. The molecule has 4 heteroatoms.